The Balaban J connectivity index is 1.54. The van der Waals surface area contributed by atoms with Crippen molar-refractivity contribution in [3.63, 3.8) is 0 Å². The minimum Gasteiger partial charge on any atom is -0.459 e. The van der Waals surface area contributed by atoms with Crippen LogP contribution in [0.5, 0.6) is 0 Å². The highest BCUT2D eigenvalue weighted by Crippen LogP contribution is 2.41. The van der Waals surface area contributed by atoms with Gasteiger partial charge in [-0.25, -0.2) is 0 Å². The van der Waals surface area contributed by atoms with Gasteiger partial charge in [0.15, 0.2) is 12.6 Å². The number of hydrogen-bond acceptors (Lipinski definition) is 16. The van der Waals surface area contributed by atoms with Gasteiger partial charge in [0.1, 0.15) is 29.7 Å². The number of amides is 1. The summed E-state index contributed by atoms with van der Waals surface area (Å²) in [7, 11) is 5.13. The molecule has 3 saturated heterocycles. The molecule has 0 aliphatic carbocycles. The van der Waals surface area contributed by atoms with Crippen LogP contribution in [0.15, 0.2) is 36.5 Å². The molecule has 6 N–H and O–H groups in total. The third kappa shape index (κ3) is 11.3. The summed E-state index contributed by atoms with van der Waals surface area (Å²) in [5, 5.41) is 62.7. The Hall–Kier alpha value is -3.20. The second kappa shape index (κ2) is 20.8. The molecule has 1 aromatic carbocycles. The van der Waals surface area contributed by atoms with Gasteiger partial charge >= 0.3 is 5.97 Å². The summed E-state index contributed by atoms with van der Waals surface area (Å²) in [6, 6.07) is 8.66. The first-order valence-corrected chi connectivity index (χ1v) is 22.5. The molecule has 8 unspecified atom stereocenters. The van der Waals surface area contributed by atoms with Crippen LogP contribution in [0.2, 0.25) is 0 Å². The summed E-state index contributed by atoms with van der Waals surface area (Å²) >= 11 is 0. The molecule has 17 heteroatoms. The van der Waals surface area contributed by atoms with E-state index in [1.165, 1.54) is 34.1 Å². The summed E-state index contributed by atoms with van der Waals surface area (Å²) < 4.78 is 37.6. The SMILES string of the molecule is COC1(C)CC(O[C@H]2[C@H](C)[C@@H](OC3OC(C)CC(N(C)C)C3O)[C@](C)(O)C[C@@H](C)C(=O)[C@H](C)[C@@H](O)[C@](C)(O)[C@@H](CCNC(=O)c3cnc4ccccc4c3)OC(=O)[C@@H]2C)OC(C)C1O. The Morgan fingerprint density at radius 3 is 2.27 bits per heavy atom. The van der Waals surface area contributed by atoms with E-state index in [1.54, 1.807) is 40.7 Å². The zero-order valence-electron chi connectivity index (χ0n) is 39.5. The summed E-state index contributed by atoms with van der Waals surface area (Å²) in [5.74, 6) is -6.10. The van der Waals surface area contributed by atoms with Crippen molar-refractivity contribution < 1.29 is 68.3 Å². The zero-order chi connectivity index (χ0) is 47.6. The first-order valence-electron chi connectivity index (χ1n) is 22.5. The number of nitrogens with zero attached hydrogens (tertiary/aromatic N) is 2. The number of fused-ring (bicyclic) bond motifs is 1. The maximum absolute atomic E-state index is 14.7. The fraction of sp³-hybridized carbons (Fsp3) is 0.745. The number of likely N-dealkylation sites (N-methyl/N-ethyl adjacent to an activating group) is 1. The highest BCUT2D eigenvalue weighted by molar-refractivity contribution is 5.97. The quantitative estimate of drug-likeness (QED) is 0.188. The number of rotatable bonds is 10. The van der Waals surface area contributed by atoms with Gasteiger partial charge in [0, 0.05) is 61.9 Å². The largest absolute Gasteiger partial charge is 0.459 e. The summed E-state index contributed by atoms with van der Waals surface area (Å²) in [6.07, 6.45) is -9.74. The van der Waals surface area contributed by atoms with E-state index >= 15 is 0 Å². The Kier molecular flexibility index (Phi) is 16.8. The molecule has 3 fully saturated rings. The van der Waals surface area contributed by atoms with Crippen molar-refractivity contribution in [3.8, 4) is 0 Å². The number of aliphatic hydroxyl groups is 5. The molecule has 0 saturated carbocycles. The molecule has 3 aliphatic rings. The van der Waals surface area contributed by atoms with E-state index in [9.17, 15) is 39.9 Å². The number of benzene rings is 1. The number of hydrogen-bond donors (Lipinski definition) is 6. The summed E-state index contributed by atoms with van der Waals surface area (Å²) in [5.41, 5.74) is -4.22. The Morgan fingerprint density at radius 1 is 0.938 bits per heavy atom. The lowest BCUT2D eigenvalue weighted by atomic mass is 9.74. The van der Waals surface area contributed by atoms with Crippen molar-refractivity contribution in [1.29, 1.82) is 0 Å². The van der Waals surface area contributed by atoms with Gasteiger partial charge < -0.3 is 64.2 Å². The van der Waals surface area contributed by atoms with E-state index in [0.29, 0.717) is 11.9 Å². The minimum absolute atomic E-state index is 0.0355. The molecule has 3 aliphatic heterocycles. The van der Waals surface area contributed by atoms with Crippen molar-refractivity contribution in [2.75, 3.05) is 27.7 Å². The molecule has 17 nitrogen and oxygen atoms in total. The van der Waals surface area contributed by atoms with Crippen LogP contribution in [-0.4, -0.2) is 165 Å². The van der Waals surface area contributed by atoms with Crippen LogP contribution in [0.25, 0.3) is 10.9 Å². The number of ketones is 1. The van der Waals surface area contributed by atoms with Crippen LogP contribution in [-0.2, 0) is 38.0 Å². The van der Waals surface area contributed by atoms with Crippen molar-refractivity contribution in [3.05, 3.63) is 42.1 Å². The van der Waals surface area contributed by atoms with Crippen LogP contribution in [0.3, 0.4) is 0 Å². The Morgan fingerprint density at radius 2 is 1.61 bits per heavy atom. The van der Waals surface area contributed by atoms with Crippen LogP contribution in [0, 0.1) is 23.7 Å². The number of pyridine rings is 1. The molecule has 0 radical (unpaired) electrons. The van der Waals surface area contributed by atoms with E-state index in [0.717, 1.165) is 5.39 Å². The number of aliphatic hydroxyl groups excluding tert-OH is 3. The minimum atomic E-state index is -2.23. The number of nitrogens with one attached hydrogen (secondary N) is 1. The van der Waals surface area contributed by atoms with Crippen LogP contribution in [0.1, 0.15) is 98.4 Å². The molecule has 360 valence electrons. The van der Waals surface area contributed by atoms with Gasteiger partial charge in [-0.05, 0) is 80.6 Å². The van der Waals surface area contributed by atoms with Crippen LogP contribution in [0.4, 0.5) is 0 Å². The van der Waals surface area contributed by atoms with Gasteiger partial charge in [0.25, 0.3) is 5.91 Å². The number of para-hydroxylation sites is 1. The number of ether oxygens (including phenoxy) is 6. The molecule has 1 aromatic heterocycles. The van der Waals surface area contributed by atoms with E-state index in [4.69, 9.17) is 28.4 Å². The maximum atomic E-state index is 14.7. The molecule has 0 bridgehead atoms. The smallest absolute Gasteiger partial charge is 0.311 e. The average molecular weight is 904 g/mol. The van der Waals surface area contributed by atoms with Crippen molar-refractivity contribution in [2.45, 2.75) is 172 Å². The van der Waals surface area contributed by atoms with Gasteiger partial charge in [-0.3, -0.25) is 19.4 Å². The van der Waals surface area contributed by atoms with Gasteiger partial charge in [-0.15, -0.1) is 0 Å². The number of Topliss-reactive ketones (excluding diaryl/α,β-unsaturated/α-hetero) is 1. The number of aromatic nitrogens is 1. The summed E-state index contributed by atoms with van der Waals surface area (Å²) in [4.78, 5) is 48.4. The molecule has 5 rings (SSSR count). The van der Waals surface area contributed by atoms with Crippen molar-refractivity contribution in [1.82, 2.24) is 15.2 Å². The number of carbonyl (C=O) groups excluding carboxylic acids is 3. The number of carbonyl (C=O) groups is 3. The topological polar surface area (TPSA) is 236 Å². The molecular formula is C47H73N3O14. The highest BCUT2D eigenvalue weighted by Gasteiger charge is 2.53. The van der Waals surface area contributed by atoms with E-state index in [1.807, 2.05) is 50.2 Å². The monoisotopic (exact) mass is 904 g/mol. The molecule has 1 amide bonds. The van der Waals surface area contributed by atoms with E-state index < -0.39 is 113 Å². The summed E-state index contributed by atoms with van der Waals surface area (Å²) in [6.45, 7) is 14.2. The van der Waals surface area contributed by atoms with Crippen molar-refractivity contribution >= 4 is 28.6 Å². The maximum Gasteiger partial charge on any atom is 0.311 e. The number of cyclic esters (lactones) is 1. The van der Waals surface area contributed by atoms with Gasteiger partial charge in [0.05, 0.1) is 58.7 Å². The normalized spacial score (nSPS) is 41.9. The molecule has 0 spiro atoms. The fourth-order valence-corrected chi connectivity index (χ4v) is 9.88. The predicted octanol–water partition coefficient (Wildman–Crippen LogP) is 2.74. The predicted molar refractivity (Wildman–Crippen MR) is 235 cm³/mol. The molecule has 4 heterocycles. The highest BCUT2D eigenvalue weighted by atomic mass is 16.7. The standard InChI is InChI=1S/C47H73N3O14/c1-24-21-45(7,57)41(64-44-37(52)33(50(10)11)19-25(2)60-44)27(4)38(63-35-22-46(8,59-12)40(54)29(6)61-35)28(5)43(56)62-34(47(9,58)39(53)26(3)36(24)51)17-18-48-42(55)31-20-30-15-13-14-16-32(30)49-23-31/h13-16,20,23-29,33-35,37-41,44,52-54,57-58H,17-19,21-22H2,1-12H3,(H,48,55)/t24-,25?,26+,27+,28-,29?,33?,34-,35?,37?,38+,39-,40?,41-,44?,45-,46?,47-/m1/s1. The Bertz CT molecular complexity index is 1910. The second-order valence-corrected chi connectivity index (χ2v) is 19.5. The van der Waals surface area contributed by atoms with Crippen molar-refractivity contribution in [2.24, 2.45) is 23.7 Å². The lowest BCUT2D eigenvalue weighted by Gasteiger charge is -2.49. The van der Waals surface area contributed by atoms with E-state index in [-0.39, 0.29) is 43.5 Å². The zero-order valence-corrected chi connectivity index (χ0v) is 39.5. The third-order valence-electron chi connectivity index (χ3n) is 14.0. The molecule has 18 atom stereocenters. The number of methoxy groups -OCH3 is 1. The van der Waals surface area contributed by atoms with Gasteiger partial charge in [0.2, 0.25) is 0 Å². The van der Waals surface area contributed by atoms with Crippen LogP contribution >= 0.6 is 0 Å². The van der Waals surface area contributed by atoms with Crippen LogP contribution < -0.4 is 5.32 Å². The molecular weight excluding hydrogens is 831 g/mol. The molecule has 2 aromatic rings. The van der Waals surface area contributed by atoms with Gasteiger partial charge in [-0.2, -0.15) is 0 Å². The Labute approximate surface area is 377 Å². The first-order chi connectivity index (χ1) is 29.8. The first kappa shape index (κ1) is 51.8. The van der Waals surface area contributed by atoms with Gasteiger partial charge in [-0.1, -0.05) is 39.0 Å². The number of esters is 1. The lowest BCUT2D eigenvalue weighted by Crippen LogP contribution is -2.61. The van der Waals surface area contributed by atoms with E-state index in [2.05, 4.69) is 10.3 Å². The molecule has 64 heavy (non-hydrogen) atoms. The third-order valence-corrected chi connectivity index (χ3v) is 14.0. The average Bonchev–Trinajstić information content (AvgIpc) is 3.24. The second-order valence-electron chi connectivity index (χ2n) is 19.5. The lowest BCUT2D eigenvalue weighted by molar-refractivity contribution is -0.318. The fourth-order valence-electron chi connectivity index (χ4n) is 9.88.